The molecule has 0 atom stereocenters. The van der Waals surface area contributed by atoms with Crippen LogP contribution in [0.15, 0.2) is 77.9 Å². The fourth-order valence-electron chi connectivity index (χ4n) is 2.71. The minimum Gasteiger partial charge on any atom is -0.493 e. The summed E-state index contributed by atoms with van der Waals surface area (Å²) in [6.45, 7) is 2.01. The molecular formula is C23H20N2O4. The Kier molecular flexibility index (Phi) is 6.43. The van der Waals surface area contributed by atoms with Gasteiger partial charge in [-0.25, -0.2) is 4.98 Å². The number of carbonyl (C=O) groups excluding carboxylic acids is 2. The van der Waals surface area contributed by atoms with Crippen molar-refractivity contribution >= 4 is 17.7 Å². The molecule has 1 aliphatic rings. The summed E-state index contributed by atoms with van der Waals surface area (Å²) < 4.78 is 10.7. The quantitative estimate of drug-likeness (QED) is 0.412. The highest BCUT2D eigenvalue weighted by Gasteiger charge is 2.21. The first-order chi connectivity index (χ1) is 14.1. The molecule has 0 aliphatic heterocycles. The van der Waals surface area contributed by atoms with Gasteiger partial charge in [-0.3, -0.25) is 14.5 Å². The number of nitrogens with zero attached hydrogens (tertiary/aromatic N) is 2. The third-order valence-corrected chi connectivity index (χ3v) is 4.16. The van der Waals surface area contributed by atoms with E-state index in [2.05, 4.69) is 16.4 Å². The van der Waals surface area contributed by atoms with Gasteiger partial charge in [-0.1, -0.05) is 23.6 Å². The summed E-state index contributed by atoms with van der Waals surface area (Å²) in [6, 6.07) is 10.6. The molecule has 0 spiro atoms. The van der Waals surface area contributed by atoms with Crippen molar-refractivity contribution in [3.05, 3.63) is 83.4 Å². The van der Waals surface area contributed by atoms with E-state index in [1.807, 2.05) is 13.0 Å². The Morgan fingerprint density at radius 1 is 1.14 bits per heavy atom. The molecule has 6 nitrogen and oxygen atoms in total. The van der Waals surface area contributed by atoms with Crippen LogP contribution in [0.4, 0.5) is 5.82 Å². The largest absolute Gasteiger partial charge is 0.493 e. The average Bonchev–Trinajstić information content (AvgIpc) is 2.75. The van der Waals surface area contributed by atoms with Crippen LogP contribution in [-0.2, 0) is 9.59 Å². The molecule has 0 saturated carbocycles. The van der Waals surface area contributed by atoms with Gasteiger partial charge in [-0.05, 0) is 48.9 Å². The van der Waals surface area contributed by atoms with Gasteiger partial charge in [0, 0.05) is 24.4 Å². The van der Waals surface area contributed by atoms with E-state index in [9.17, 15) is 9.59 Å². The normalized spacial score (nSPS) is 11.7. The summed E-state index contributed by atoms with van der Waals surface area (Å²) in [5.41, 5.74) is 6.90. The van der Waals surface area contributed by atoms with Crippen LogP contribution in [0.5, 0.6) is 11.5 Å². The predicted molar refractivity (Wildman–Crippen MR) is 109 cm³/mol. The zero-order valence-corrected chi connectivity index (χ0v) is 16.2. The Labute approximate surface area is 169 Å². The van der Waals surface area contributed by atoms with Gasteiger partial charge in [0.05, 0.1) is 13.5 Å². The highest BCUT2D eigenvalue weighted by Crippen LogP contribution is 2.28. The molecular weight excluding hydrogens is 368 g/mol. The highest BCUT2D eigenvalue weighted by atomic mass is 16.6. The van der Waals surface area contributed by atoms with Crippen molar-refractivity contribution in [1.82, 2.24) is 4.98 Å². The second-order valence-corrected chi connectivity index (χ2v) is 6.24. The van der Waals surface area contributed by atoms with E-state index in [0.29, 0.717) is 22.9 Å². The molecule has 0 saturated heterocycles. The SMILES string of the molecule is COc1ccc(C)cc1OC(=O)CCN(C(=O)C1=CC=C=C=C1)c1ccccn1. The van der Waals surface area contributed by atoms with Crippen molar-refractivity contribution in [3.63, 3.8) is 0 Å². The van der Waals surface area contributed by atoms with Crippen molar-refractivity contribution in [2.75, 3.05) is 18.6 Å². The molecule has 6 heteroatoms. The number of allylic oxidation sites excluding steroid dienone is 2. The van der Waals surface area contributed by atoms with E-state index in [-0.39, 0.29) is 18.9 Å². The molecule has 0 N–H and O–H groups in total. The number of ether oxygens (including phenoxy) is 2. The summed E-state index contributed by atoms with van der Waals surface area (Å²) >= 11 is 0. The number of methoxy groups -OCH3 is 1. The number of anilines is 1. The van der Waals surface area contributed by atoms with Crippen LogP contribution in [0, 0.1) is 6.92 Å². The number of amides is 1. The Morgan fingerprint density at radius 2 is 2.00 bits per heavy atom. The Morgan fingerprint density at radius 3 is 2.69 bits per heavy atom. The number of rotatable bonds is 7. The van der Waals surface area contributed by atoms with E-state index in [1.54, 1.807) is 54.8 Å². The Bertz CT molecular complexity index is 1040. The molecule has 1 heterocycles. The van der Waals surface area contributed by atoms with Crippen molar-refractivity contribution in [1.29, 1.82) is 0 Å². The Hall–Kier alpha value is -3.85. The zero-order chi connectivity index (χ0) is 20.6. The number of hydrogen-bond donors (Lipinski definition) is 0. The minimum absolute atomic E-state index is 0.0118. The maximum Gasteiger partial charge on any atom is 0.313 e. The average molecular weight is 388 g/mol. The lowest BCUT2D eigenvalue weighted by Gasteiger charge is -2.22. The fourth-order valence-corrected chi connectivity index (χ4v) is 2.71. The standard InChI is InChI=1S/C23H20N2O4/c1-17-11-12-19(28-2)20(16-17)29-22(26)13-15-25(21-10-6-7-14-24-21)23(27)18-8-4-3-5-9-18/h4,6-12,14,16H,13,15H2,1-2H3. The number of esters is 1. The molecule has 0 radical (unpaired) electrons. The third-order valence-electron chi connectivity index (χ3n) is 4.16. The van der Waals surface area contributed by atoms with Gasteiger partial charge in [0.25, 0.3) is 5.91 Å². The monoisotopic (exact) mass is 388 g/mol. The molecule has 1 amide bonds. The zero-order valence-electron chi connectivity index (χ0n) is 16.2. The van der Waals surface area contributed by atoms with Gasteiger partial charge in [0.1, 0.15) is 5.82 Å². The molecule has 0 fully saturated rings. The van der Waals surface area contributed by atoms with Gasteiger partial charge in [-0.15, -0.1) is 0 Å². The van der Waals surface area contributed by atoms with Gasteiger partial charge in [0.2, 0.25) is 0 Å². The van der Waals surface area contributed by atoms with Crippen LogP contribution in [0.3, 0.4) is 0 Å². The molecule has 146 valence electrons. The molecule has 3 rings (SSSR count). The Balaban J connectivity index is 1.73. The fraction of sp³-hybridized carbons (Fsp3) is 0.174. The van der Waals surface area contributed by atoms with E-state index in [0.717, 1.165) is 5.56 Å². The first-order valence-corrected chi connectivity index (χ1v) is 9.04. The van der Waals surface area contributed by atoms with Crippen LogP contribution in [0.1, 0.15) is 12.0 Å². The van der Waals surface area contributed by atoms with E-state index in [4.69, 9.17) is 9.47 Å². The second kappa shape index (κ2) is 9.38. The van der Waals surface area contributed by atoms with E-state index >= 15 is 0 Å². The van der Waals surface area contributed by atoms with Crippen LogP contribution in [0.25, 0.3) is 0 Å². The molecule has 1 aromatic heterocycles. The molecule has 29 heavy (non-hydrogen) atoms. The maximum absolute atomic E-state index is 12.9. The predicted octanol–water partition coefficient (Wildman–Crippen LogP) is 3.53. The van der Waals surface area contributed by atoms with E-state index < -0.39 is 5.97 Å². The summed E-state index contributed by atoms with van der Waals surface area (Å²) in [5, 5.41) is 0. The number of aryl methyl sites for hydroxylation is 1. The summed E-state index contributed by atoms with van der Waals surface area (Å²) in [4.78, 5) is 31.1. The lowest BCUT2D eigenvalue weighted by atomic mass is 10.1. The summed E-state index contributed by atoms with van der Waals surface area (Å²) in [7, 11) is 1.51. The van der Waals surface area contributed by atoms with Crippen LogP contribution < -0.4 is 14.4 Å². The third kappa shape index (κ3) is 5.11. The van der Waals surface area contributed by atoms with Gasteiger partial charge in [0.15, 0.2) is 11.5 Å². The highest BCUT2D eigenvalue weighted by molar-refractivity contribution is 6.07. The number of aromatic nitrogens is 1. The summed E-state index contributed by atoms with van der Waals surface area (Å²) in [5.74, 6) is 0.510. The lowest BCUT2D eigenvalue weighted by Crippen LogP contribution is -2.35. The van der Waals surface area contributed by atoms with Crippen molar-refractivity contribution in [2.24, 2.45) is 0 Å². The molecule has 1 aromatic carbocycles. The van der Waals surface area contributed by atoms with Gasteiger partial charge in [-0.2, -0.15) is 0 Å². The number of hydrogen-bond acceptors (Lipinski definition) is 5. The van der Waals surface area contributed by atoms with Crippen molar-refractivity contribution < 1.29 is 19.1 Å². The van der Waals surface area contributed by atoms with Crippen molar-refractivity contribution in [2.45, 2.75) is 13.3 Å². The van der Waals surface area contributed by atoms with Crippen LogP contribution in [0.2, 0.25) is 0 Å². The molecule has 1 aliphatic carbocycles. The van der Waals surface area contributed by atoms with E-state index in [1.165, 1.54) is 12.0 Å². The molecule has 2 aromatic rings. The first-order valence-electron chi connectivity index (χ1n) is 9.04. The number of pyridine rings is 1. The maximum atomic E-state index is 12.9. The van der Waals surface area contributed by atoms with Crippen LogP contribution >= 0.6 is 0 Å². The van der Waals surface area contributed by atoms with Crippen LogP contribution in [-0.4, -0.2) is 30.5 Å². The topological polar surface area (TPSA) is 68.7 Å². The van der Waals surface area contributed by atoms with Crippen molar-refractivity contribution in [3.8, 4) is 11.5 Å². The lowest BCUT2D eigenvalue weighted by molar-refractivity contribution is -0.134. The summed E-state index contributed by atoms with van der Waals surface area (Å²) in [6.07, 6.45) is 6.39. The first kappa shape index (κ1) is 19.9. The van der Waals surface area contributed by atoms with Gasteiger partial charge < -0.3 is 9.47 Å². The second-order valence-electron chi connectivity index (χ2n) is 6.24. The minimum atomic E-state index is -0.476. The molecule has 0 bridgehead atoms. The number of benzene rings is 1. The molecule has 0 unspecified atom stereocenters. The smallest absolute Gasteiger partial charge is 0.313 e. The van der Waals surface area contributed by atoms with Gasteiger partial charge >= 0.3 is 5.97 Å². The number of carbonyl (C=O) groups is 2.